The Morgan fingerprint density at radius 2 is 1.76 bits per heavy atom. The van der Waals surface area contributed by atoms with Crippen molar-refractivity contribution >= 4 is 17.4 Å². The second-order valence-electron chi connectivity index (χ2n) is 5.73. The number of hydrogen-bond acceptors (Lipinski definition) is 4. The third-order valence-electron chi connectivity index (χ3n) is 4.25. The molecule has 1 aliphatic rings. The fourth-order valence-electron chi connectivity index (χ4n) is 3.01. The number of amides is 1. The Kier molecular flexibility index (Phi) is 3.82. The monoisotopic (exact) mass is 331 g/mol. The topological polar surface area (TPSA) is 54.5 Å². The molecule has 2 heterocycles. The van der Waals surface area contributed by atoms with E-state index >= 15 is 0 Å². The van der Waals surface area contributed by atoms with Gasteiger partial charge in [-0.1, -0.05) is 30.3 Å². The van der Waals surface area contributed by atoms with Gasteiger partial charge in [-0.25, -0.2) is 4.98 Å². The molecule has 1 amide bonds. The van der Waals surface area contributed by atoms with Gasteiger partial charge in [0.05, 0.1) is 12.7 Å². The van der Waals surface area contributed by atoms with Crippen molar-refractivity contribution in [3.8, 4) is 5.75 Å². The molecule has 1 atom stereocenters. The summed E-state index contributed by atoms with van der Waals surface area (Å²) in [5, 5.41) is 3.45. The van der Waals surface area contributed by atoms with Gasteiger partial charge in [0.2, 0.25) is 0 Å². The SMILES string of the molecule is COc1ccc([C@H]2Nc3ccccc3C(=O)N2c2ccccn2)cc1. The lowest BCUT2D eigenvalue weighted by molar-refractivity contribution is 0.0974. The standard InChI is InChI=1S/C20H17N3O2/c1-25-15-11-9-14(10-12-15)19-22-17-7-3-2-6-16(17)20(24)23(19)18-8-4-5-13-21-18/h2-13,19,22H,1H3/t19-/m0/s1. The van der Waals surface area contributed by atoms with Crippen LogP contribution >= 0.6 is 0 Å². The molecule has 4 rings (SSSR count). The van der Waals surface area contributed by atoms with Gasteiger partial charge < -0.3 is 10.1 Å². The Morgan fingerprint density at radius 3 is 2.48 bits per heavy atom. The van der Waals surface area contributed by atoms with Crippen LogP contribution in [0.15, 0.2) is 72.9 Å². The molecular weight excluding hydrogens is 314 g/mol. The third kappa shape index (κ3) is 2.70. The average molecular weight is 331 g/mol. The van der Waals surface area contributed by atoms with Crippen molar-refractivity contribution in [1.29, 1.82) is 0 Å². The molecule has 0 radical (unpaired) electrons. The minimum atomic E-state index is -0.344. The van der Waals surface area contributed by atoms with Crippen molar-refractivity contribution in [2.45, 2.75) is 6.17 Å². The summed E-state index contributed by atoms with van der Waals surface area (Å²) >= 11 is 0. The highest BCUT2D eigenvalue weighted by Crippen LogP contribution is 2.36. The Labute approximate surface area is 145 Å². The van der Waals surface area contributed by atoms with Crippen molar-refractivity contribution in [3.05, 3.63) is 84.1 Å². The Morgan fingerprint density at radius 1 is 1.00 bits per heavy atom. The Bertz CT molecular complexity index is 894. The predicted octanol–water partition coefficient (Wildman–Crippen LogP) is 3.86. The third-order valence-corrected chi connectivity index (χ3v) is 4.25. The first-order valence-corrected chi connectivity index (χ1v) is 8.02. The number of fused-ring (bicyclic) bond motifs is 1. The molecule has 1 aromatic heterocycles. The molecule has 0 fully saturated rings. The van der Waals surface area contributed by atoms with E-state index in [1.54, 1.807) is 18.2 Å². The molecule has 0 spiro atoms. The van der Waals surface area contributed by atoms with Crippen LogP contribution in [0, 0.1) is 0 Å². The summed E-state index contributed by atoms with van der Waals surface area (Å²) in [6, 6.07) is 20.7. The minimum Gasteiger partial charge on any atom is -0.497 e. The largest absolute Gasteiger partial charge is 0.497 e. The summed E-state index contributed by atoms with van der Waals surface area (Å²) in [6.45, 7) is 0. The zero-order valence-electron chi connectivity index (χ0n) is 13.7. The quantitative estimate of drug-likeness (QED) is 0.792. The Hall–Kier alpha value is -3.34. The fraction of sp³-hybridized carbons (Fsp3) is 0.100. The number of hydrogen-bond donors (Lipinski definition) is 1. The van der Waals surface area contributed by atoms with E-state index in [2.05, 4.69) is 10.3 Å². The number of anilines is 2. The van der Waals surface area contributed by atoms with Crippen molar-refractivity contribution in [1.82, 2.24) is 4.98 Å². The first-order valence-electron chi connectivity index (χ1n) is 8.02. The highest BCUT2D eigenvalue weighted by atomic mass is 16.5. The lowest BCUT2D eigenvalue weighted by Gasteiger charge is -2.37. The molecule has 2 aromatic carbocycles. The average Bonchev–Trinajstić information content (AvgIpc) is 2.69. The molecule has 5 heteroatoms. The molecule has 3 aromatic rings. The van der Waals surface area contributed by atoms with Crippen LogP contribution < -0.4 is 15.0 Å². The summed E-state index contributed by atoms with van der Waals surface area (Å²) in [7, 11) is 1.63. The van der Waals surface area contributed by atoms with Gasteiger partial charge in [0.1, 0.15) is 17.7 Å². The number of para-hydroxylation sites is 1. The molecule has 1 N–H and O–H groups in total. The van der Waals surface area contributed by atoms with Crippen molar-refractivity contribution in [2.24, 2.45) is 0 Å². The van der Waals surface area contributed by atoms with Crippen molar-refractivity contribution in [2.75, 3.05) is 17.3 Å². The van der Waals surface area contributed by atoms with E-state index in [0.29, 0.717) is 11.4 Å². The number of nitrogens with one attached hydrogen (secondary N) is 1. The van der Waals surface area contributed by atoms with E-state index in [9.17, 15) is 4.79 Å². The van der Waals surface area contributed by atoms with Crippen LogP contribution in [0.25, 0.3) is 0 Å². The highest BCUT2D eigenvalue weighted by molar-refractivity contribution is 6.11. The summed E-state index contributed by atoms with van der Waals surface area (Å²) in [5.74, 6) is 1.31. The van der Waals surface area contributed by atoms with Gasteiger partial charge in [-0.15, -0.1) is 0 Å². The van der Waals surface area contributed by atoms with Crippen LogP contribution in [-0.4, -0.2) is 18.0 Å². The summed E-state index contributed by atoms with van der Waals surface area (Å²) in [6.07, 6.45) is 1.34. The van der Waals surface area contributed by atoms with E-state index < -0.39 is 0 Å². The second-order valence-corrected chi connectivity index (χ2v) is 5.73. The minimum absolute atomic E-state index is 0.0751. The molecular formula is C20H17N3O2. The maximum absolute atomic E-state index is 13.1. The summed E-state index contributed by atoms with van der Waals surface area (Å²) in [4.78, 5) is 19.2. The number of nitrogens with zero attached hydrogens (tertiary/aromatic N) is 2. The normalized spacial score (nSPS) is 16.1. The molecule has 0 saturated heterocycles. The number of ether oxygens (including phenoxy) is 1. The number of aromatic nitrogens is 1. The van der Waals surface area contributed by atoms with Gasteiger partial charge in [0, 0.05) is 11.9 Å². The molecule has 5 nitrogen and oxygen atoms in total. The van der Waals surface area contributed by atoms with Crippen LogP contribution in [0.3, 0.4) is 0 Å². The zero-order valence-corrected chi connectivity index (χ0v) is 13.7. The summed E-state index contributed by atoms with van der Waals surface area (Å²) in [5.41, 5.74) is 2.41. The van der Waals surface area contributed by atoms with Crippen LogP contribution in [0.1, 0.15) is 22.1 Å². The zero-order chi connectivity index (χ0) is 17.2. The van der Waals surface area contributed by atoms with Crippen LogP contribution in [0.4, 0.5) is 11.5 Å². The lowest BCUT2D eigenvalue weighted by atomic mass is 10.0. The van der Waals surface area contributed by atoms with Gasteiger partial charge in [-0.05, 0) is 42.0 Å². The smallest absolute Gasteiger partial charge is 0.263 e. The molecule has 25 heavy (non-hydrogen) atoms. The van der Waals surface area contributed by atoms with Crippen LogP contribution in [0.2, 0.25) is 0 Å². The van der Waals surface area contributed by atoms with E-state index in [4.69, 9.17) is 4.74 Å². The highest BCUT2D eigenvalue weighted by Gasteiger charge is 2.34. The number of carbonyl (C=O) groups is 1. The van der Waals surface area contributed by atoms with Crippen molar-refractivity contribution < 1.29 is 9.53 Å². The maximum atomic E-state index is 13.1. The predicted molar refractivity (Wildman–Crippen MR) is 96.8 cm³/mol. The summed E-state index contributed by atoms with van der Waals surface area (Å²) < 4.78 is 5.23. The first kappa shape index (κ1) is 15.2. The van der Waals surface area contributed by atoms with Gasteiger partial charge in [-0.2, -0.15) is 0 Å². The molecule has 124 valence electrons. The van der Waals surface area contributed by atoms with Gasteiger partial charge in [0.15, 0.2) is 0 Å². The van der Waals surface area contributed by atoms with E-state index in [0.717, 1.165) is 17.0 Å². The molecule has 0 saturated carbocycles. The van der Waals surface area contributed by atoms with E-state index in [-0.39, 0.29) is 12.1 Å². The van der Waals surface area contributed by atoms with Crippen LogP contribution in [0.5, 0.6) is 5.75 Å². The molecule has 0 aliphatic carbocycles. The number of rotatable bonds is 3. The molecule has 0 bridgehead atoms. The number of carbonyl (C=O) groups excluding carboxylic acids is 1. The molecule has 0 unspecified atom stereocenters. The number of benzene rings is 2. The van der Waals surface area contributed by atoms with Gasteiger partial charge in [-0.3, -0.25) is 9.69 Å². The maximum Gasteiger partial charge on any atom is 0.263 e. The first-order chi connectivity index (χ1) is 12.3. The van der Waals surface area contributed by atoms with Gasteiger partial charge in [0.25, 0.3) is 5.91 Å². The van der Waals surface area contributed by atoms with Gasteiger partial charge >= 0.3 is 0 Å². The molecule has 1 aliphatic heterocycles. The Balaban J connectivity index is 1.82. The van der Waals surface area contributed by atoms with Crippen LogP contribution in [-0.2, 0) is 0 Å². The second kappa shape index (κ2) is 6.28. The lowest BCUT2D eigenvalue weighted by Crippen LogP contribution is -2.43. The number of methoxy groups -OCH3 is 1. The van der Waals surface area contributed by atoms with E-state index in [1.165, 1.54) is 0 Å². The van der Waals surface area contributed by atoms with E-state index in [1.807, 2.05) is 66.7 Å². The fourth-order valence-corrected chi connectivity index (χ4v) is 3.01. The van der Waals surface area contributed by atoms with Crippen molar-refractivity contribution in [3.63, 3.8) is 0 Å². The number of pyridine rings is 1.